The Kier molecular flexibility index (Phi) is 26.5. The van der Waals surface area contributed by atoms with Crippen molar-refractivity contribution in [2.45, 2.75) is 32.8 Å². The van der Waals surface area contributed by atoms with E-state index in [4.69, 9.17) is 14.9 Å². The monoisotopic (exact) mass is 398 g/mol. The van der Waals surface area contributed by atoms with Gasteiger partial charge < -0.3 is 9.64 Å². The Labute approximate surface area is 169 Å². The molecule has 1 aliphatic heterocycles. The highest BCUT2D eigenvalue weighted by atomic mass is 16.7. The second kappa shape index (κ2) is 24.5. The molecule has 1 heterocycles. The normalized spacial score (nSPS) is 11.8. The van der Waals surface area contributed by atoms with Gasteiger partial charge in [0.25, 0.3) is 0 Å². The van der Waals surface area contributed by atoms with Crippen LogP contribution in [0.3, 0.4) is 0 Å². The van der Waals surface area contributed by atoms with Gasteiger partial charge in [0.05, 0.1) is 11.5 Å². The van der Waals surface area contributed by atoms with Gasteiger partial charge in [-0.15, -0.1) is 12.3 Å². The van der Waals surface area contributed by atoms with Gasteiger partial charge in [0.15, 0.2) is 14.2 Å². The molecule has 1 aromatic rings. The van der Waals surface area contributed by atoms with Crippen LogP contribution in [0, 0.1) is 27.4 Å². The Balaban J connectivity index is -0.000000296. The molecule has 0 atom stereocenters. The van der Waals surface area contributed by atoms with Crippen molar-refractivity contribution in [2.24, 2.45) is 0 Å². The van der Waals surface area contributed by atoms with Crippen LogP contribution in [0.25, 0.3) is 0 Å². The van der Waals surface area contributed by atoms with E-state index in [9.17, 15) is 4.91 Å². The molecule has 0 N–H and O–H groups in total. The van der Waals surface area contributed by atoms with Crippen molar-refractivity contribution >= 4 is 0 Å². The molecule has 8 nitrogen and oxygen atoms in total. The number of methoxy groups -OCH3 is 1. The van der Waals surface area contributed by atoms with Crippen LogP contribution < -0.4 is 0 Å². The van der Waals surface area contributed by atoms with E-state index in [1.54, 1.807) is 14.0 Å². The third-order valence-corrected chi connectivity index (χ3v) is 2.99. The van der Waals surface area contributed by atoms with Crippen LogP contribution in [0.2, 0.25) is 0 Å². The Hall–Kier alpha value is -2.50. The molecular weight excluding hydrogens is 362 g/mol. The van der Waals surface area contributed by atoms with E-state index in [-0.39, 0.29) is 0 Å². The lowest BCUT2D eigenvalue weighted by Gasteiger charge is -2.20. The molecule has 0 bridgehead atoms. The summed E-state index contributed by atoms with van der Waals surface area (Å²) in [7, 11) is 7.37. The molecule has 0 unspecified atom stereocenters. The van der Waals surface area contributed by atoms with Crippen molar-refractivity contribution < 1.29 is 19.4 Å². The minimum atomic E-state index is -0.500. The number of likely N-dealkylation sites (tertiary alicyclic amines) is 1. The summed E-state index contributed by atoms with van der Waals surface area (Å²) >= 11 is 0. The molecule has 1 saturated heterocycles. The molecule has 1 aromatic carbocycles. The highest BCUT2D eigenvalue weighted by Gasteiger charge is 2.02. The van der Waals surface area contributed by atoms with E-state index in [1.807, 2.05) is 30.3 Å². The van der Waals surface area contributed by atoms with Gasteiger partial charge in [-0.2, -0.15) is 0 Å². The SMILES string of the molecule is C#CC.CN1CCCCC1.COCc1ccccc1.CO[N+](C)=O.C[N+](=O)[O-]. The Morgan fingerprint density at radius 2 is 1.50 bits per heavy atom. The van der Waals surface area contributed by atoms with Gasteiger partial charge in [0.2, 0.25) is 12.0 Å². The van der Waals surface area contributed by atoms with Gasteiger partial charge >= 0.3 is 0 Å². The van der Waals surface area contributed by atoms with E-state index >= 15 is 0 Å². The lowest BCUT2D eigenvalue weighted by Crippen LogP contribution is -2.24. The van der Waals surface area contributed by atoms with Gasteiger partial charge in [0, 0.05) is 12.0 Å². The largest absolute Gasteiger partial charge is 0.380 e. The van der Waals surface area contributed by atoms with Crippen molar-refractivity contribution in [3.05, 3.63) is 50.9 Å². The molecule has 8 heteroatoms. The lowest BCUT2D eigenvalue weighted by molar-refractivity contribution is -0.776. The fourth-order valence-corrected chi connectivity index (χ4v) is 1.79. The minimum absolute atomic E-state index is 0.375. The van der Waals surface area contributed by atoms with Crippen LogP contribution in [-0.2, 0) is 16.2 Å². The number of ether oxygens (including phenoxy) is 1. The van der Waals surface area contributed by atoms with Gasteiger partial charge in [0.1, 0.15) is 0 Å². The Morgan fingerprint density at radius 3 is 1.75 bits per heavy atom. The molecule has 28 heavy (non-hydrogen) atoms. The molecular formula is C20H36N3O5+. The Bertz CT molecular complexity index is 508. The van der Waals surface area contributed by atoms with Crippen molar-refractivity contribution in [1.29, 1.82) is 0 Å². The lowest BCUT2D eigenvalue weighted by atomic mass is 10.1. The van der Waals surface area contributed by atoms with Crippen LogP contribution in [0.1, 0.15) is 31.7 Å². The maximum atomic E-state index is 9.51. The second-order valence-electron chi connectivity index (χ2n) is 5.63. The molecule has 0 aromatic heterocycles. The summed E-state index contributed by atoms with van der Waals surface area (Å²) in [5.74, 6) is 2.25. The van der Waals surface area contributed by atoms with Gasteiger partial charge in [-0.25, -0.2) is 4.84 Å². The fourth-order valence-electron chi connectivity index (χ4n) is 1.79. The van der Waals surface area contributed by atoms with Crippen LogP contribution in [0.15, 0.2) is 30.3 Å². The fraction of sp³-hybridized carbons (Fsp3) is 0.600. The Morgan fingerprint density at radius 1 is 1.11 bits per heavy atom. The highest BCUT2D eigenvalue weighted by molar-refractivity contribution is 5.13. The van der Waals surface area contributed by atoms with Gasteiger partial charge in [-0.3, -0.25) is 10.1 Å². The molecule has 1 aliphatic rings. The third kappa shape index (κ3) is 34.8. The predicted molar refractivity (Wildman–Crippen MR) is 112 cm³/mol. The van der Waals surface area contributed by atoms with Crippen LogP contribution in [-0.4, -0.2) is 63.2 Å². The molecule has 0 saturated carbocycles. The van der Waals surface area contributed by atoms with Crippen molar-refractivity contribution in [3.8, 4) is 12.3 Å². The first-order valence-electron chi connectivity index (χ1n) is 8.86. The van der Waals surface area contributed by atoms with Crippen LogP contribution >= 0.6 is 0 Å². The van der Waals surface area contributed by atoms with Crippen LogP contribution in [0.5, 0.6) is 0 Å². The summed E-state index contributed by atoms with van der Waals surface area (Å²) in [6, 6.07) is 10.1. The van der Waals surface area contributed by atoms with E-state index in [2.05, 4.69) is 29.1 Å². The molecule has 0 radical (unpaired) electrons. The molecule has 0 spiro atoms. The molecule has 1 fully saturated rings. The number of hydrogen-bond acceptors (Lipinski definition) is 6. The average molecular weight is 399 g/mol. The number of nitro groups is 1. The predicted octanol–water partition coefficient (Wildman–Crippen LogP) is 3.42. The molecule has 0 amide bonds. The molecule has 0 aliphatic carbocycles. The van der Waals surface area contributed by atoms with Crippen molar-refractivity contribution in [2.75, 3.05) is 48.5 Å². The van der Waals surface area contributed by atoms with E-state index in [1.165, 1.54) is 52.1 Å². The number of terminal acetylenes is 1. The average Bonchev–Trinajstić information content (AvgIpc) is 2.65. The summed E-state index contributed by atoms with van der Waals surface area (Å²) in [6.45, 7) is 5.00. The first kappa shape index (κ1) is 30.2. The first-order chi connectivity index (χ1) is 13.2. The van der Waals surface area contributed by atoms with Crippen LogP contribution in [0.4, 0.5) is 0 Å². The number of rotatable bonds is 3. The summed E-state index contributed by atoms with van der Waals surface area (Å²) in [5, 5.41) is 8.81. The zero-order valence-electron chi connectivity index (χ0n) is 18.1. The zero-order valence-corrected chi connectivity index (χ0v) is 18.1. The zero-order chi connectivity index (χ0) is 22.2. The minimum Gasteiger partial charge on any atom is -0.380 e. The van der Waals surface area contributed by atoms with E-state index in [0.29, 0.717) is 11.5 Å². The van der Waals surface area contributed by atoms with Crippen molar-refractivity contribution in [1.82, 2.24) is 4.90 Å². The maximum Gasteiger partial charge on any atom is 0.239 e. The smallest absolute Gasteiger partial charge is 0.239 e. The molecule has 2 rings (SSSR count). The third-order valence-electron chi connectivity index (χ3n) is 2.99. The quantitative estimate of drug-likeness (QED) is 0.441. The standard InChI is InChI=1S/C8H10O.C6H13N.C3H4.C2H6NO2.CH3NO2/c1-9-7-8-5-3-2-4-6-8;1-7-5-3-2-4-6-7;1-3-2;1-3(4)5-2;1-2(3)4/h2-6H,7H2,1H3;2-6H2,1H3;1H,2H3;1-2H3;1H3/q;;;+1;. The van der Waals surface area contributed by atoms with Gasteiger partial charge in [-0.05, 0) is 45.5 Å². The summed E-state index contributed by atoms with van der Waals surface area (Å²) in [6.07, 6.45) is 8.87. The number of nitrogens with zero attached hydrogens (tertiary/aromatic N) is 3. The summed E-state index contributed by atoms with van der Waals surface area (Å²) in [5.41, 5.74) is 1.22. The summed E-state index contributed by atoms with van der Waals surface area (Å²) in [4.78, 5) is 24.6. The molecule has 160 valence electrons. The first-order valence-corrected chi connectivity index (χ1v) is 8.86. The number of benzene rings is 1. The van der Waals surface area contributed by atoms with Crippen molar-refractivity contribution in [3.63, 3.8) is 0 Å². The topological polar surface area (TPSA) is 84.9 Å². The van der Waals surface area contributed by atoms with E-state index in [0.717, 1.165) is 7.05 Å². The second-order valence-corrected chi connectivity index (χ2v) is 5.63. The summed E-state index contributed by atoms with van der Waals surface area (Å²) < 4.78 is 4.93. The van der Waals surface area contributed by atoms with Gasteiger partial charge in [-0.1, -0.05) is 36.8 Å². The number of hydrogen-bond donors (Lipinski definition) is 0. The highest BCUT2D eigenvalue weighted by Crippen LogP contribution is 2.04. The maximum absolute atomic E-state index is 9.51. The number of piperidine rings is 1. The van der Waals surface area contributed by atoms with E-state index < -0.39 is 4.92 Å².